The van der Waals surface area contributed by atoms with E-state index in [2.05, 4.69) is 65.9 Å². The Morgan fingerprint density at radius 3 is 2.41 bits per heavy atom. The molecule has 2 aromatic heterocycles. The number of nitrogens with zero attached hydrogens (tertiary/aromatic N) is 3. The quantitative estimate of drug-likeness (QED) is 0.296. The molecule has 2 aromatic carbocycles. The van der Waals surface area contributed by atoms with E-state index >= 15 is 0 Å². The average molecular weight is 513 g/mol. The van der Waals surface area contributed by atoms with Crippen LogP contribution in [0.2, 0.25) is 0 Å². The normalized spacial score (nSPS) is 17.1. The Kier molecular flexibility index (Phi) is 6.89. The van der Waals surface area contributed by atoms with Crippen LogP contribution in [-0.4, -0.2) is 28.9 Å². The van der Waals surface area contributed by atoms with E-state index in [1.54, 1.807) is 14.2 Å². The molecule has 2 atom stereocenters. The van der Waals surface area contributed by atoms with Gasteiger partial charge >= 0.3 is 0 Å². The van der Waals surface area contributed by atoms with E-state index in [-0.39, 0.29) is 12.1 Å². The van der Waals surface area contributed by atoms with Crippen LogP contribution in [0.15, 0.2) is 72.9 Å². The van der Waals surface area contributed by atoms with Crippen molar-refractivity contribution in [2.45, 2.75) is 39.3 Å². The minimum Gasteiger partial charge on any atom is -0.497 e. The highest BCUT2D eigenvalue weighted by atomic mass is 32.1. The Balaban J connectivity index is 1.68. The number of aromatic nitrogens is 2. The molecular formula is C30H32N4O2S. The summed E-state index contributed by atoms with van der Waals surface area (Å²) in [6.45, 7) is 6.50. The number of methoxy groups -OCH3 is 2. The van der Waals surface area contributed by atoms with Crippen molar-refractivity contribution < 1.29 is 9.47 Å². The lowest BCUT2D eigenvalue weighted by molar-refractivity contribution is 0.394. The van der Waals surface area contributed by atoms with Gasteiger partial charge < -0.3 is 24.3 Å². The summed E-state index contributed by atoms with van der Waals surface area (Å²) in [5, 5.41) is 4.18. The second kappa shape index (κ2) is 10.3. The van der Waals surface area contributed by atoms with Crippen molar-refractivity contribution in [2.75, 3.05) is 19.1 Å². The van der Waals surface area contributed by atoms with Crippen molar-refractivity contribution >= 4 is 23.0 Å². The summed E-state index contributed by atoms with van der Waals surface area (Å²) in [6.07, 6.45) is 2.84. The molecule has 0 unspecified atom stereocenters. The van der Waals surface area contributed by atoms with Crippen LogP contribution in [0.25, 0.3) is 5.69 Å². The van der Waals surface area contributed by atoms with Gasteiger partial charge in [0.1, 0.15) is 11.5 Å². The first-order chi connectivity index (χ1) is 18.0. The van der Waals surface area contributed by atoms with Crippen molar-refractivity contribution in [3.8, 4) is 17.2 Å². The Labute approximate surface area is 223 Å². The predicted octanol–water partition coefficient (Wildman–Crippen LogP) is 6.25. The molecule has 190 valence electrons. The molecule has 7 heteroatoms. The van der Waals surface area contributed by atoms with Gasteiger partial charge in [-0.2, -0.15) is 0 Å². The highest BCUT2D eigenvalue weighted by Gasteiger charge is 2.43. The smallest absolute Gasteiger partial charge is 0.174 e. The molecule has 0 amide bonds. The van der Waals surface area contributed by atoms with Crippen molar-refractivity contribution in [1.29, 1.82) is 0 Å². The minimum atomic E-state index is -0.142. The van der Waals surface area contributed by atoms with Crippen LogP contribution in [0.3, 0.4) is 0 Å². The fraction of sp³-hybridized carbons (Fsp3) is 0.267. The molecule has 0 radical (unpaired) electrons. The standard InChI is InChI=1S/C30H32N4O2S/c1-6-21-10-12-22(13-11-21)33-19(2)17-24(20(33)3)29-28(25-9-7-8-16-31-25)32-30(37)34(29)26-15-14-23(35-4)18-27(26)36-5/h7-18,28-29H,6H2,1-5H3,(H,32,37)/t28-,29-/m0/s1. The molecule has 5 rings (SSSR count). The van der Waals surface area contributed by atoms with E-state index in [1.165, 1.54) is 11.1 Å². The van der Waals surface area contributed by atoms with Gasteiger partial charge in [0.25, 0.3) is 0 Å². The van der Waals surface area contributed by atoms with E-state index in [9.17, 15) is 0 Å². The summed E-state index contributed by atoms with van der Waals surface area (Å²) in [5.74, 6) is 1.42. The summed E-state index contributed by atoms with van der Waals surface area (Å²) >= 11 is 5.94. The first-order valence-corrected chi connectivity index (χ1v) is 12.9. The molecule has 3 heterocycles. The first kappa shape index (κ1) is 24.8. The summed E-state index contributed by atoms with van der Waals surface area (Å²) in [5.41, 5.74) is 7.79. The van der Waals surface area contributed by atoms with Crippen LogP contribution < -0.4 is 19.7 Å². The Morgan fingerprint density at radius 1 is 0.973 bits per heavy atom. The number of aryl methyl sites for hydroxylation is 2. The first-order valence-electron chi connectivity index (χ1n) is 12.5. The summed E-state index contributed by atoms with van der Waals surface area (Å²) in [6, 6.07) is 22.6. The molecular weight excluding hydrogens is 480 g/mol. The number of hydrogen-bond donors (Lipinski definition) is 1. The second-order valence-electron chi connectivity index (χ2n) is 9.22. The maximum absolute atomic E-state index is 5.94. The summed E-state index contributed by atoms with van der Waals surface area (Å²) in [7, 11) is 3.32. The molecule has 1 aliphatic rings. The van der Waals surface area contributed by atoms with Crippen molar-refractivity contribution in [2.24, 2.45) is 0 Å². The van der Waals surface area contributed by atoms with Crippen LogP contribution in [0.4, 0.5) is 5.69 Å². The maximum atomic E-state index is 5.94. The Morgan fingerprint density at radius 2 is 1.76 bits per heavy atom. The van der Waals surface area contributed by atoms with Gasteiger partial charge in [-0.15, -0.1) is 0 Å². The van der Waals surface area contributed by atoms with E-state index in [0.717, 1.165) is 40.6 Å². The highest BCUT2D eigenvalue weighted by Crippen LogP contribution is 2.46. The van der Waals surface area contributed by atoms with Crippen LogP contribution in [0.1, 0.15) is 47.2 Å². The van der Waals surface area contributed by atoms with Crippen LogP contribution >= 0.6 is 12.2 Å². The van der Waals surface area contributed by atoms with Gasteiger partial charge in [-0.05, 0) is 86.1 Å². The molecule has 1 N–H and O–H groups in total. The number of hydrogen-bond acceptors (Lipinski definition) is 4. The van der Waals surface area contributed by atoms with Crippen molar-refractivity contribution in [3.63, 3.8) is 0 Å². The SMILES string of the molecule is CCc1ccc(-n2c(C)cc([C@H]3[C@H](c4ccccn4)NC(=S)N3c3ccc(OC)cc3OC)c2C)cc1. The van der Waals surface area contributed by atoms with Crippen LogP contribution in [0, 0.1) is 13.8 Å². The zero-order valence-corrected chi connectivity index (χ0v) is 22.7. The molecule has 4 aromatic rings. The number of ether oxygens (including phenoxy) is 2. The van der Waals surface area contributed by atoms with E-state index in [1.807, 2.05) is 42.6 Å². The van der Waals surface area contributed by atoms with Gasteiger partial charge in [0.15, 0.2) is 5.11 Å². The fourth-order valence-corrected chi connectivity index (χ4v) is 5.62. The Bertz CT molecular complexity index is 1420. The zero-order chi connectivity index (χ0) is 26.1. The Hall–Kier alpha value is -3.84. The largest absolute Gasteiger partial charge is 0.497 e. The van der Waals surface area contributed by atoms with E-state index in [4.69, 9.17) is 26.7 Å². The average Bonchev–Trinajstić information content (AvgIpc) is 3.43. The van der Waals surface area contributed by atoms with Crippen LogP contribution in [-0.2, 0) is 6.42 Å². The van der Waals surface area contributed by atoms with Crippen molar-refractivity contribution in [3.05, 3.63) is 101 Å². The lowest BCUT2D eigenvalue weighted by Crippen LogP contribution is -2.30. The summed E-state index contributed by atoms with van der Waals surface area (Å²) < 4.78 is 13.6. The molecule has 0 saturated carbocycles. The molecule has 1 saturated heterocycles. The molecule has 37 heavy (non-hydrogen) atoms. The molecule has 0 aliphatic carbocycles. The number of nitrogens with one attached hydrogen (secondary N) is 1. The van der Waals surface area contributed by atoms with Gasteiger partial charge in [0.2, 0.25) is 0 Å². The molecule has 1 fully saturated rings. The zero-order valence-electron chi connectivity index (χ0n) is 21.9. The monoisotopic (exact) mass is 512 g/mol. The third kappa shape index (κ3) is 4.44. The van der Waals surface area contributed by atoms with E-state index < -0.39 is 0 Å². The lowest BCUT2D eigenvalue weighted by Gasteiger charge is -2.29. The van der Waals surface area contributed by atoms with Crippen molar-refractivity contribution in [1.82, 2.24) is 14.9 Å². The fourth-order valence-electron chi connectivity index (χ4n) is 5.28. The highest BCUT2D eigenvalue weighted by molar-refractivity contribution is 7.80. The van der Waals surface area contributed by atoms with Crippen LogP contribution in [0.5, 0.6) is 11.5 Å². The van der Waals surface area contributed by atoms with Gasteiger partial charge in [0, 0.05) is 29.3 Å². The number of benzene rings is 2. The van der Waals surface area contributed by atoms with Gasteiger partial charge in [0.05, 0.1) is 37.7 Å². The molecule has 6 nitrogen and oxygen atoms in total. The second-order valence-corrected chi connectivity index (χ2v) is 9.60. The van der Waals surface area contributed by atoms with Gasteiger partial charge in [-0.1, -0.05) is 25.1 Å². The van der Waals surface area contributed by atoms with Gasteiger partial charge in [-0.25, -0.2) is 0 Å². The lowest BCUT2D eigenvalue weighted by atomic mass is 9.96. The number of rotatable bonds is 7. The minimum absolute atomic E-state index is 0.139. The molecule has 1 aliphatic heterocycles. The maximum Gasteiger partial charge on any atom is 0.174 e. The van der Waals surface area contributed by atoms with E-state index in [0.29, 0.717) is 10.9 Å². The molecule has 0 spiro atoms. The summed E-state index contributed by atoms with van der Waals surface area (Å²) in [4.78, 5) is 6.85. The number of pyridine rings is 1. The number of thiocarbonyl (C=S) groups is 1. The topological polar surface area (TPSA) is 51.6 Å². The molecule has 0 bridgehead atoms. The number of anilines is 1. The van der Waals surface area contributed by atoms with Gasteiger partial charge in [-0.3, -0.25) is 4.98 Å². The third-order valence-electron chi connectivity index (χ3n) is 7.14. The predicted molar refractivity (Wildman–Crippen MR) is 152 cm³/mol. The third-order valence-corrected chi connectivity index (χ3v) is 7.45.